The van der Waals surface area contributed by atoms with Crippen LogP contribution in [0.1, 0.15) is 32.1 Å². The van der Waals surface area contributed by atoms with Gasteiger partial charge in [-0.1, -0.05) is 42.7 Å². The van der Waals surface area contributed by atoms with Crippen molar-refractivity contribution in [3.8, 4) is 0 Å². The van der Waals surface area contributed by atoms with Crippen LogP contribution in [0, 0.1) is 0 Å². The molecule has 4 nitrogen and oxygen atoms in total. The summed E-state index contributed by atoms with van der Waals surface area (Å²) in [6.07, 6.45) is 6.33. The van der Waals surface area contributed by atoms with Crippen molar-refractivity contribution in [2.75, 3.05) is 31.6 Å². The fourth-order valence-electron chi connectivity index (χ4n) is 2.88. The molecular weight excluding hydrogens is 294 g/mol. The smallest absolute Gasteiger partial charge is 0.242 e. The Morgan fingerprint density at radius 3 is 2.59 bits per heavy atom. The first-order chi connectivity index (χ1) is 10.7. The predicted molar refractivity (Wildman–Crippen MR) is 92.6 cm³/mol. The molecule has 0 saturated carbocycles. The highest BCUT2D eigenvalue weighted by atomic mass is 32.1. The van der Waals surface area contributed by atoms with E-state index >= 15 is 0 Å². The Morgan fingerprint density at radius 2 is 1.86 bits per heavy atom. The minimum atomic E-state index is 0.139. The number of thiazole rings is 1. The predicted octanol–water partition coefficient (Wildman–Crippen LogP) is 3.53. The highest BCUT2D eigenvalue weighted by Gasteiger charge is 2.18. The highest BCUT2D eigenvalue weighted by molar-refractivity contribution is 7.22. The van der Waals surface area contributed by atoms with Crippen molar-refractivity contribution in [2.45, 2.75) is 32.1 Å². The fraction of sp³-hybridized carbons (Fsp3) is 0.529. The van der Waals surface area contributed by atoms with E-state index in [-0.39, 0.29) is 5.91 Å². The van der Waals surface area contributed by atoms with Crippen molar-refractivity contribution < 1.29 is 4.79 Å². The molecule has 3 rings (SSSR count). The van der Waals surface area contributed by atoms with E-state index in [0.717, 1.165) is 28.4 Å². The average Bonchev–Trinajstić information content (AvgIpc) is 2.92. The molecule has 1 amide bonds. The first kappa shape index (κ1) is 15.4. The number of likely N-dealkylation sites (N-methyl/N-ethyl adjacent to an activating group) is 1. The Morgan fingerprint density at radius 1 is 1.18 bits per heavy atom. The van der Waals surface area contributed by atoms with Crippen LogP contribution in [0.4, 0.5) is 5.13 Å². The van der Waals surface area contributed by atoms with Gasteiger partial charge >= 0.3 is 0 Å². The van der Waals surface area contributed by atoms with E-state index in [2.05, 4.69) is 9.88 Å². The largest absolute Gasteiger partial charge is 0.294 e. The molecule has 1 aromatic heterocycles. The van der Waals surface area contributed by atoms with E-state index in [1.807, 2.05) is 31.3 Å². The number of benzene rings is 1. The van der Waals surface area contributed by atoms with Gasteiger partial charge in [0.15, 0.2) is 5.13 Å². The Balaban J connectivity index is 1.65. The summed E-state index contributed by atoms with van der Waals surface area (Å²) in [5.74, 6) is 0.139. The summed E-state index contributed by atoms with van der Waals surface area (Å²) in [6, 6.07) is 8.03. The Labute approximate surface area is 135 Å². The molecule has 1 saturated heterocycles. The number of nitrogens with zero attached hydrogens (tertiary/aromatic N) is 3. The monoisotopic (exact) mass is 317 g/mol. The second-order valence-corrected chi connectivity index (χ2v) is 6.97. The molecule has 0 radical (unpaired) electrons. The van der Waals surface area contributed by atoms with Gasteiger partial charge in [0.05, 0.1) is 16.8 Å². The van der Waals surface area contributed by atoms with Crippen LogP contribution in [-0.4, -0.2) is 42.5 Å². The number of para-hydroxylation sites is 1. The molecule has 1 aliphatic rings. The lowest BCUT2D eigenvalue weighted by molar-refractivity contribution is -0.119. The molecule has 1 aliphatic heterocycles. The first-order valence-corrected chi connectivity index (χ1v) is 8.90. The van der Waals surface area contributed by atoms with Crippen molar-refractivity contribution >= 4 is 32.6 Å². The molecule has 0 bridgehead atoms. The van der Waals surface area contributed by atoms with Crippen LogP contribution < -0.4 is 4.90 Å². The maximum absolute atomic E-state index is 12.5. The van der Waals surface area contributed by atoms with Gasteiger partial charge in [-0.3, -0.25) is 14.6 Å². The molecule has 5 heteroatoms. The van der Waals surface area contributed by atoms with Crippen LogP contribution in [0.15, 0.2) is 24.3 Å². The molecule has 0 unspecified atom stereocenters. The zero-order valence-electron chi connectivity index (χ0n) is 13.1. The standard InChI is InChI=1S/C17H23N3OS/c1-19(17-18-14-9-5-6-10-15(14)22-17)16(21)13-20-11-7-3-2-4-8-12-20/h5-6,9-10H,2-4,7-8,11-13H2,1H3. The van der Waals surface area contributed by atoms with Gasteiger partial charge in [-0.25, -0.2) is 4.98 Å². The van der Waals surface area contributed by atoms with Gasteiger partial charge in [0.1, 0.15) is 0 Å². The number of carbonyl (C=O) groups is 1. The third-order valence-electron chi connectivity index (χ3n) is 4.25. The Kier molecular flexibility index (Phi) is 5.05. The lowest BCUT2D eigenvalue weighted by atomic mass is 10.1. The van der Waals surface area contributed by atoms with Gasteiger partial charge in [0.25, 0.3) is 0 Å². The quantitative estimate of drug-likeness (QED) is 0.869. The van der Waals surface area contributed by atoms with E-state index in [9.17, 15) is 4.79 Å². The molecule has 0 atom stereocenters. The average molecular weight is 317 g/mol. The van der Waals surface area contributed by atoms with Crippen LogP contribution in [-0.2, 0) is 4.79 Å². The maximum Gasteiger partial charge on any atom is 0.242 e. The van der Waals surface area contributed by atoms with Crippen LogP contribution in [0.2, 0.25) is 0 Å². The van der Waals surface area contributed by atoms with E-state index in [1.54, 1.807) is 16.2 Å². The number of aromatic nitrogens is 1. The normalized spacial score (nSPS) is 17.1. The van der Waals surface area contributed by atoms with Crippen molar-refractivity contribution in [3.05, 3.63) is 24.3 Å². The Hall–Kier alpha value is -1.46. The van der Waals surface area contributed by atoms with Crippen molar-refractivity contribution in [2.24, 2.45) is 0 Å². The Bertz CT molecular complexity index is 599. The van der Waals surface area contributed by atoms with Crippen LogP contribution in [0.5, 0.6) is 0 Å². The molecule has 0 spiro atoms. The summed E-state index contributed by atoms with van der Waals surface area (Å²) in [7, 11) is 1.84. The third-order valence-corrected chi connectivity index (χ3v) is 5.36. The number of likely N-dealkylation sites (tertiary alicyclic amines) is 1. The molecule has 2 heterocycles. The van der Waals surface area contributed by atoms with E-state index in [1.165, 1.54) is 32.1 Å². The van der Waals surface area contributed by atoms with Crippen LogP contribution in [0.3, 0.4) is 0 Å². The van der Waals surface area contributed by atoms with Crippen LogP contribution in [0.25, 0.3) is 10.2 Å². The van der Waals surface area contributed by atoms with Crippen LogP contribution >= 0.6 is 11.3 Å². The number of anilines is 1. The lowest BCUT2D eigenvalue weighted by Crippen LogP contribution is -2.39. The van der Waals surface area contributed by atoms with Gasteiger partial charge in [-0.15, -0.1) is 0 Å². The van der Waals surface area contributed by atoms with E-state index < -0.39 is 0 Å². The zero-order chi connectivity index (χ0) is 15.4. The van der Waals surface area contributed by atoms with Gasteiger partial charge in [-0.05, 0) is 38.1 Å². The number of amides is 1. The van der Waals surface area contributed by atoms with Crippen molar-refractivity contribution in [3.63, 3.8) is 0 Å². The fourth-order valence-corrected chi connectivity index (χ4v) is 3.82. The molecule has 118 valence electrons. The summed E-state index contributed by atoms with van der Waals surface area (Å²) in [5.41, 5.74) is 0.966. The molecule has 0 N–H and O–H groups in total. The number of carbonyl (C=O) groups excluding carboxylic acids is 1. The summed E-state index contributed by atoms with van der Waals surface area (Å²) >= 11 is 1.58. The van der Waals surface area contributed by atoms with E-state index in [0.29, 0.717) is 6.54 Å². The second kappa shape index (κ2) is 7.20. The van der Waals surface area contributed by atoms with Gasteiger partial charge in [0.2, 0.25) is 5.91 Å². The number of fused-ring (bicyclic) bond motifs is 1. The van der Waals surface area contributed by atoms with Gasteiger partial charge in [-0.2, -0.15) is 0 Å². The number of rotatable bonds is 3. The first-order valence-electron chi connectivity index (χ1n) is 8.08. The zero-order valence-corrected chi connectivity index (χ0v) is 13.9. The second-order valence-electron chi connectivity index (χ2n) is 5.96. The highest BCUT2D eigenvalue weighted by Crippen LogP contribution is 2.27. The SMILES string of the molecule is CN(C(=O)CN1CCCCCCC1)c1nc2ccccc2s1. The molecule has 1 aromatic carbocycles. The minimum absolute atomic E-state index is 0.139. The van der Waals surface area contributed by atoms with Gasteiger partial charge < -0.3 is 0 Å². The lowest BCUT2D eigenvalue weighted by Gasteiger charge is -2.25. The number of hydrogen-bond acceptors (Lipinski definition) is 4. The molecule has 1 fully saturated rings. The summed E-state index contributed by atoms with van der Waals surface area (Å²) in [4.78, 5) is 21.1. The summed E-state index contributed by atoms with van der Waals surface area (Å²) < 4.78 is 1.13. The summed E-state index contributed by atoms with van der Waals surface area (Å²) in [6.45, 7) is 2.59. The third kappa shape index (κ3) is 3.65. The molecular formula is C17H23N3OS. The van der Waals surface area contributed by atoms with Crippen molar-refractivity contribution in [1.82, 2.24) is 9.88 Å². The van der Waals surface area contributed by atoms with E-state index in [4.69, 9.17) is 0 Å². The maximum atomic E-state index is 12.5. The summed E-state index contributed by atoms with van der Waals surface area (Å²) in [5, 5.41) is 0.790. The topological polar surface area (TPSA) is 36.4 Å². The molecule has 2 aromatic rings. The van der Waals surface area contributed by atoms with Gasteiger partial charge in [0, 0.05) is 7.05 Å². The minimum Gasteiger partial charge on any atom is -0.294 e. The number of hydrogen-bond donors (Lipinski definition) is 0. The molecule has 0 aliphatic carbocycles. The van der Waals surface area contributed by atoms with Crippen molar-refractivity contribution in [1.29, 1.82) is 0 Å². The molecule has 22 heavy (non-hydrogen) atoms.